The zero-order chi connectivity index (χ0) is 41.4. The summed E-state index contributed by atoms with van der Waals surface area (Å²) in [6, 6.07) is 78.4. The highest BCUT2D eigenvalue weighted by Gasteiger charge is 2.19. The summed E-state index contributed by atoms with van der Waals surface area (Å²) in [6.07, 6.45) is 1.88. The Morgan fingerprint density at radius 1 is 0.286 bits per heavy atom. The third-order valence-electron chi connectivity index (χ3n) is 12.7. The van der Waals surface area contributed by atoms with Crippen LogP contribution in [-0.2, 0) is 0 Å². The van der Waals surface area contributed by atoms with Gasteiger partial charge in [-0.15, -0.1) is 0 Å². The van der Waals surface area contributed by atoms with Crippen molar-refractivity contribution in [3.8, 4) is 50.7 Å². The molecule has 5 aromatic heterocycles. The summed E-state index contributed by atoms with van der Waals surface area (Å²) in [4.78, 5) is 10.1. The number of nitrogens with zero attached hydrogens (tertiary/aromatic N) is 5. The molecule has 0 aliphatic rings. The van der Waals surface area contributed by atoms with E-state index in [2.05, 4.69) is 226 Å². The number of fused-ring (bicyclic) bond motifs is 9. The molecule has 5 heterocycles. The van der Waals surface area contributed by atoms with E-state index in [0.717, 1.165) is 83.7 Å². The molecule has 0 atom stereocenters. The number of para-hydroxylation sites is 3. The topological polar surface area (TPSA) is 40.6 Å². The predicted octanol–water partition coefficient (Wildman–Crippen LogP) is 14.8. The van der Waals surface area contributed by atoms with Gasteiger partial charge in [-0.2, -0.15) is 0 Å². The fraction of sp³-hybridized carbons (Fsp3) is 0. The molecule has 0 bridgehead atoms. The smallest absolute Gasteiger partial charge is 0.138 e. The van der Waals surface area contributed by atoms with Crippen LogP contribution in [0.4, 0.5) is 0 Å². The van der Waals surface area contributed by atoms with Crippen LogP contribution >= 0.6 is 0 Å². The summed E-state index contributed by atoms with van der Waals surface area (Å²) >= 11 is 0. The second-order valence-electron chi connectivity index (χ2n) is 16.2. The molecule has 13 rings (SSSR count). The molecule has 0 saturated heterocycles. The van der Waals surface area contributed by atoms with Crippen molar-refractivity contribution >= 4 is 65.5 Å². The minimum absolute atomic E-state index is 0.890. The van der Waals surface area contributed by atoms with Crippen molar-refractivity contribution in [2.24, 2.45) is 0 Å². The van der Waals surface area contributed by atoms with Gasteiger partial charge in [-0.1, -0.05) is 133 Å². The molecule has 63 heavy (non-hydrogen) atoms. The normalized spacial score (nSPS) is 11.8. The van der Waals surface area contributed by atoms with Gasteiger partial charge in [0.05, 0.1) is 44.3 Å². The van der Waals surface area contributed by atoms with Crippen LogP contribution in [0.1, 0.15) is 0 Å². The fourth-order valence-corrected chi connectivity index (χ4v) is 9.82. The van der Waals surface area contributed by atoms with Gasteiger partial charge in [0.1, 0.15) is 5.82 Å². The van der Waals surface area contributed by atoms with Crippen LogP contribution in [0, 0.1) is 0 Å². The number of pyridine rings is 2. The monoisotopic (exact) mass is 803 g/mol. The maximum atomic E-state index is 5.35. The summed E-state index contributed by atoms with van der Waals surface area (Å²) in [5.74, 6) is 0.890. The van der Waals surface area contributed by atoms with Gasteiger partial charge in [-0.05, 0) is 107 Å². The number of hydrogen-bond donors (Lipinski definition) is 0. The van der Waals surface area contributed by atoms with Crippen molar-refractivity contribution in [3.63, 3.8) is 0 Å². The van der Waals surface area contributed by atoms with Crippen LogP contribution in [-0.4, -0.2) is 23.7 Å². The molecule has 0 spiro atoms. The lowest BCUT2D eigenvalue weighted by atomic mass is 10.0. The molecule has 5 heteroatoms. The number of rotatable bonds is 6. The molecule has 13 aromatic rings. The Balaban J connectivity index is 0.957. The molecule has 0 radical (unpaired) electrons. The van der Waals surface area contributed by atoms with E-state index in [1.165, 1.54) is 32.6 Å². The van der Waals surface area contributed by atoms with E-state index in [-0.39, 0.29) is 0 Å². The van der Waals surface area contributed by atoms with Crippen molar-refractivity contribution in [2.45, 2.75) is 0 Å². The van der Waals surface area contributed by atoms with Crippen molar-refractivity contribution < 1.29 is 0 Å². The fourth-order valence-electron chi connectivity index (χ4n) is 9.82. The maximum Gasteiger partial charge on any atom is 0.138 e. The number of benzene rings is 8. The minimum Gasteiger partial charge on any atom is -0.309 e. The van der Waals surface area contributed by atoms with Crippen LogP contribution in [0.25, 0.3) is 116 Å². The standard InChI is InChI=1S/C58H37N5/c1-3-14-38(15-4-1)42-35-50(39-16-5-2-6-17-39)60-57(37-42)63-52-22-11-8-19-46(52)49-34-40(26-32-54(49)63)41-25-31-47-45-18-7-10-21-51(45)62(56(47)36-41)44-29-27-43(28-30-44)61-53-23-12-9-20-48(53)58-55(61)24-13-33-59-58/h1-37H. The average Bonchev–Trinajstić information content (AvgIpc) is 4.00. The summed E-state index contributed by atoms with van der Waals surface area (Å²) in [5, 5.41) is 5.99. The Morgan fingerprint density at radius 2 is 0.810 bits per heavy atom. The van der Waals surface area contributed by atoms with E-state index >= 15 is 0 Å². The lowest BCUT2D eigenvalue weighted by Gasteiger charge is -2.13. The van der Waals surface area contributed by atoms with Gasteiger partial charge in [0.15, 0.2) is 0 Å². The number of aromatic nitrogens is 5. The predicted molar refractivity (Wildman–Crippen MR) is 261 cm³/mol. The van der Waals surface area contributed by atoms with Crippen LogP contribution in [0.3, 0.4) is 0 Å². The van der Waals surface area contributed by atoms with Gasteiger partial charge in [0, 0.05) is 50.1 Å². The van der Waals surface area contributed by atoms with Crippen LogP contribution in [0.2, 0.25) is 0 Å². The lowest BCUT2D eigenvalue weighted by Crippen LogP contribution is -2.00. The minimum atomic E-state index is 0.890. The molecular formula is C58H37N5. The molecule has 0 amide bonds. The van der Waals surface area contributed by atoms with E-state index in [9.17, 15) is 0 Å². The first-order valence-electron chi connectivity index (χ1n) is 21.4. The van der Waals surface area contributed by atoms with Crippen LogP contribution < -0.4 is 0 Å². The summed E-state index contributed by atoms with van der Waals surface area (Å²) in [6.45, 7) is 0. The van der Waals surface area contributed by atoms with Gasteiger partial charge in [0.2, 0.25) is 0 Å². The van der Waals surface area contributed by atoms with Gasteiger partial charge in [-0.3, -0.25) is 9.55 Å². The molecule has 0 N–H and O–H groups in total. The summed E-state index contributed by atoms with van der Waals surface area (Å²) in [5.41, 5.74) is 16.7. The van der Waals surface area contributed by atoms with Crippen LogP contribution in [0.5, 0.6) is 0 Å². The molecule has 0 saturated carbocycles. The van der Waals surface area contributed by atoms with Gasteiger partial charge in [-0.25, -0.2) is 4.98 Å². The molecule has 8 aromatic carbocycles. The van der Waals surface area contributed by atoms with E-state index in [4.69, 9.17) is 9.97 Å². The summed E-state index contributed by atoms with van der Waals surface area (Å²) < 4.78 is 7.05. The van der Waals surface area contributed by atoms with Gasteiger partial charge in [0.25, 0.3) is 0 Å². The Bertz CT molecular complexity index is 3780. The third-order valence-corrected chi connectivity index (χ3v) is 12.7. The molecular weight excluding hydrogens is 767 g/mol. The van der Waals surface area contributed by atoms with E-state index in [1.807, 2.05) is 12.3 Å². The SMILES string of the molecule is c1ccc(-c2cc(-c3ccccc3)nc(-n3c4ccccc4c4cc(-c5ccc6c7ccccc7n(-c7ccc(-n8c9ccccc9c9ncccc98)cc7)c6c5)ccc43)c2)cc1. The maximum absolute atomic E-state index is 5.35. The third kappa shape index (κ3) is 5.57. The Kier molecular flexibility index (Phi) is 7.84. The highest BCUT2D eigenvalue weighted by Crippen LogP contribution is 2.40. The zero-order valence-electron chi connectivity index (χ0n) is 34.1. The second kappa shape index (κ2) is 14.0. The van der Waals surface area contributed by atoms with E-state index in [1.54, 1.807) is 0 Å². The largest absolute Gasteiger partial charge is 0.309 e. The average molecular weight is 804 g/mol. The van der Waals surface area contributed by atoms with Crippen LogP contribution in [0.15, 0.2) is 225 Å². The second-order valence-corrected chi connectivity index (χ2v) is 16.2. The molecule has 0 aliphatic carbocycles. The van der Waals surface area contributed by atoms with Gasteiger partial charge >= 0.3 is 0 Å². The highest BCUT2D eigenvalue weighted by molar-refractivity contribution is 6.13. The first-order valence-corrected chi connectivity index (χ1v) is 21.4. The Labute approximate surface area is 363 Å². The molecule has 5 nitrogen and oxygen atoms in total. The Hall–Kier alpha value is -8.54. The molecule has 0 fully saturated rings. The van der Waals surface area contributed by atoms with Crippen molar-refractivity contribution in [3.05, 3.63) is 225 Å². The molecule has 0 unspecified atom stereocenters. The molecule has 0 aliphatic heterocycles. The zero-order valence-corrected chi connectivity index (χ0v) is 34.1. The summed E-state index contributed by atoms with van der Waals surface area (Å²) in [7, 11) is 0. The first-order chi connectivity index (χ1) is 31.2. The number of hydrogen-bond acceptors (Lipinski definition) is 2. The van der Waals surface area contributed by atoms with Crippen molar-refractivity contribution in [1.29, 1.82) is 0 Å². The van der Waals surface area contributed by atoms with Gasteiger partial charge < -0.3 is 9.13 Å². The first kappa shape index (κ1) is 35.2. The van der Waals surface area contributed by atoms with Crippen molar-refractivity contribution in [2.75, 3.05) is 0 Å². The highest BCUT2D eigenvalue weighted by atomic mass is 15.1. The van der Waals surface area contributed by atoms with E-state index < -0.39 is 0 Å². The lowest BCUT2D eigenvalue weighted by molar-refractivity contribution is 1.08. The quantitative estimate of drug-likeness (QED) is 0.168. The Morgan fingerprint density at radius 3 is 1.54 bits per heavy atom. The van der Waals surface area contributed by atoms with Crippen molar-refractivity contribution in [1.82, 2.24) is 23.7 Å². The van der Waals surface area contributed by atoms with E-state index in [0.29, 0.717) is 0 Å². The molecule has 294 valence electrons.